The summed E-state index contributed by atoms with van der Waals surface area (Å²) >= 11 is 0. The van der Waals surface area contributed by atoms with Gasteiger partial charge in [-0.1, -0.05) is 0 Å². The molecule has 0 spiro atoms. The minimum atomic E-state index is -4.34. The number of nitrogens with one attached hydrogen (secondary N) is 1. The lowest BCUT2D eigenvalue weighted by Crippen LogP contribution is -2.45. The second-order valence-corrected chi connectivity index (χ2v) is 10.9. The van der Waals surface area contributed by atoms with Crippen molar-refractivity contribution in [3.63, 3.8) is 0 Å². The zero-order valence-electron chi connectivity index (χ0n) is 21.0. The first-order valence-corrected chi connectivity index (χ1v) is 12.7. The SMILES string of the molecule is Cc1c(C(=O)NCC2(c3cn4ncc(CC5(N)CC5)cc4n3)CCC(F)(F)CC2)cnn1CCC(F)(F)F. The molecule has 0 aliphatic heterocycles. The lowest BCUT2D eigenvalue weighted by molar-refractivity contribution is -0.137. The molecule has 0 radical (unpaired) electrons. The molecule has 38 heavy (non-hydrogen) atoms. The number of nitrogens with zero attached hydrogens (tertiary/aromatic N) is 5. The zero-order chi connectivity index (χ0) is 27.3. The van der Waals surface area contributed by atoms with Crippen molar-refractivity contribution in [2.75, 3.05) is 6.54 Å². The van der Waals surface area contributed by atoms with E-state index in [1.807, 2.05) is 6.07 Å². The van der Waals surface area contributed by atoms with Gasteiger partial charge < -0.3 is 11.1 Å². The lowest BCUT2D eigenvalue weighted by atomic mass is 9.70. The van der Waals surface area contributed by atoms with Crippen LogP contribution in [0.5, 0.6) is 0 Å². The van der Waals surface area contributed by atoms with Crippen molar-refractivity contribution in [1.29, 1.82) is 0 Å². The fourth-order valence-electron chi connectivity index (χ4n) is 5.10. The molecule has 2 aliphatic rings. The minimum Gasteiger partial charge on any atom is -0.351 e. The number of carbonyl (C=O) groups is 1. The number of aryl methyl sites for hydroxylation is 1. The molecular formula is C25H30F5N7O. The number of amides is 1. The molecular weight excluding hydrogens is 509 g/mol. The van der Waals surface area contributed by atoms with E-state index in [1.165, 1.54) is 13.1 Å². The Morgan fingerprint density at radius 1 is 1.11 bits per heavy atom. The fraction of sp³-hybridized carbons (Fsp3) is 0.600. The maximum Gasteiger partial charge on any atom is 0.390 e. The van der Waals surface area contributed by atoms with Crippen LogP contribution in [-0.4, -0.2) is 54.5 Å². The molecule has 3 heterocycles. The maximum absolute atomic E-state index is 14.1. The third-order valence-electron chi connectivity index (χ3n) is 7.85. The third kappa shape index (κ3) is 5.67. The standard InChI is InChI=1S/C25H30F5N7O/c1-16-18(13-34-36(16)9-8-25(28,29)30)21(38)32-15-22(2-6-24(26,27)7-3-22)19-14-37-20(35-19)10-17(12-33-37)11-23(31)4-5-23/h10,12-14H,2-9,11,15,31H2,1H3,(H,32,38). The average Bonchev–Trinajstić information content (AvgIpc) is 3.23. The predicted molar refractivity (Wildman–Crippen MR) is 128 cm³/mol. The maximum atomic E-state index is 14.1. The summed E-state index contributed by atoms with van der Waals surface area (Å²) < 4.78 is 68.8. The molecule has 8 nitrogen and oxygen atoms in total. The number of hydrogen-bond acceptors (Lipinski definition) is 5. The van der Waals surface area contributed by atoms with E-state index in [1.54, 1.807) is 16.9 Å². The molecule has 3 aromatic rings. The van der Waals surface area contributed by atoms with Gasteiger partial charge in [0.2, 0.25) is 5.92 Å². The number of rotatable bonds is 8. The van der Waals surface area contributed by atoms with Gasteiger partial charge in [0.25, 0.3) is 5.91 Å². The van der Waals surface area contributed by atoms with Gasteiger partial charge in [-0.3, -0.25) is 9.48 Å². The van der Waals surface area contributed by atoms with Gasteiger partial charge in [-0.2, -0.15) is 23.4 Å². The number of halogens is 5. The molecule has 0 unspecified atom stereocenters. The molecule has 2 aliphatic carbocycles. The van der Waals surface area contributed by atoms with Crippen molar-refractivity contribution < 1.29 is 26.7 Å². The van der Waals surface area contributed by atoms with Gasteiger partial charge in [0.1, 0.15) is 0 Å². The van der Waals surface area contributed by atoms with Gasteiger partial charge >= 0.3 is 6.18 Å². The van der Waals surface area contributed by atoms with E-state index in [0.29, 0.717) is 23.5 Å². The van der Waals surface area contributed by atoms with E-state index in [4.69, 9.17) is 10.7 Å². The first-order chi connectivity index (χ1) is 17.8. The summed E-state index contributed by atoms with van der Waals surface area (Å²) in [5, 5.41) is 11.2. The monoisotopic (exact) mass is 539 g/mol. The van der Waals surface area contributed by atoms with Crippen LogP contribution < -0.4 is 11.1 Å². The van der Waals surface area contributed by atoms with Crippen LogP contribution in [-0.2, 0) is 18.4 Å². The van der Waals surface area contributed by atoms with Crippen molar-refractivity contribution in [3.05, 3.63) is 47.2 Å². The highest BCUT2D eigenvalue weighted by Gasteiger charge is 2.46. The van der Waals surface area contributed by atoms with Crippen LogP contribution in [0.2, 0.25) is 0 Å². The summed E-state index contributed by atoms with van der Waals surface area (Å²) in [6, 6.07) is 1.89. The first kappa shape index (κ1) is 26.5. The van der Waals surface area contributed by atoms with Crippen LogP contribution in [0.25, 0.3) is 5.65 Å². The van der Waals surface area contributed by atoms with Crippen LogP contribution in [0.15, 0.2) is 24.7 Å². The Hall–Kier alpha value is -3.09. The largest absolute Gasteiger partial charge is 0.390 e. The molecule has 5 rings (SSSR count). The summed E-state index contributed by atoms with van der Waals surface area (Å²) in [7, 11) is 0. The van der Waals surface area contributed by atoms with Gasteiger partial charge in [-0.05, 0) is 50.7 Å². The molecule has 0 saturated heterocycles. The Kier molecular flexibility index (Phi) is 6.48. The summed E-state index contributed by atoms with van der Waals surface area (Å²) in [4.78, 5) is 17.7. The second-order valence-electron chi connectivity index (χ2n) is 10.9. The average molecular weight is 540 g/mol. The number of carbonyl (C=O) groups excluding carboxylic acids is 1. The van der Waals surface area contributed by atoms with Crippen molar-refractivity contribution in [1.82, 2.24) is 29.7 Å². The fourth-order valence-corrected chi connectivity index (χ4v) is 5.10. The van der Waals surface area contributed by atoms with Gasteiger partial charge in [0, 0.05) is 42.6 Å². The number of imidazole rings is 1. The van der Waals surface area contributed by atoms with Gasteiger partial charge in [0.15, 0.2) is 5.65 Å². The zero-order valence-corrected chi connectivity index (χ0v) is 21.0. The Morgan fingerprint density at radius 3 is 2.47 bits per heavy atom. The molecule has 0 atom stereocenters. The first-order valence-electron chi connectivity index (χ1n) is 12.7. The highest BCUT2D eigenvalue weighted by molar-refractivity contribution is 5.95. The van der Waals surface area contributed by atoms with Crippen molar-refractivity contribution >= 4 is 11.6 Å². The van der Waals surface area contributed by atoms with E-state index in [9.17, 15) is 26.7 Å². The number of aromatic nitrogens is 5. The molecule has 13 heteroatoms. The van der Waals surface area contributed by atoms with E-state index < -0.39 is 36.4 Å². The lowest BCUT2D eigenvalue weighted by Gasteiger charge is -2.39. The van der Waals surface area contributed by atoms with E-state index in [2.05, 4.69) is 15.5 Å². The van der Waals surface area contributed by atoms with E-state index in [-0.39, 0.29) is 43.3 Å². The van der Waals surface area contributed by atoms with Gasteiger partial charge in [0.05, 0.1) is 36.3 Å². The van der Waals surface area contributed by atoms with E-state index in [0.717, 1.165) is 23.1 Å². The Labute approximate surface area is 215 Å². The van der Waals surface area contributed by atoms with Crippen LogP contribution in [0, 0.1) is 6.92 Å². The van der Waals surface area contributed by atoms with E-state index >= 15 is 0 Å². The van der Waals surface area contributed by atoms with Crippen molar-refractivity contribution in [2.24, 2.45) is 5.73 Å². The normalized spacial score (nSPS) is 20.0. The molecule has 0 aromatic carbocycles. The molecule has 1 amide bonds. The van der Waals surface area contributed by atoms with Gasteiger partial charge in [-0.25, -0.2) is 18.3 Å². The summed E-state index contributed by atoms with van der Waals surface area (Å²) in [6.45, 7) is 1.16. The van der Waals surface area contributed by atoms with Gasteiger partial charge in [-0.15, -0.1) is 0 Å². The number of fused-ring (bicyclic) bond motifs is 1. The van der Waals surface area contributed by atoms with Crippen molar-refractivity contribution in [2.45, 2.75) is 87.9 Å². The Bertz CT molecular complexity index is 1330. The molecule has 206 valence electrons. The highest BCUT2D eigenvalue weighted by atomic mass is 19.4. The molecule has 3 N–H and O–H groups in total. The highest BCUT2D eigenvalue weighted by Crippen LogP contribution is 2.45. The minimum absolute atomic E-state index is 0.0394. The van der Waals surface area contributed by atoms with Crippen molar-refractivity contribution in [3.8, 4) is 0 Å². The van der Waals surface area contributed by atoms with Crippen LogP contribution in [0.1, 0.15) is 72.3 Å². The molecule has 0 bridgehead atoms. The topological polar surface area (TPSA) is 103 Å². The summed E-state index contributed by atoms with van der Waals surface area (Å²) in [5.74, 6) is -3.33. The molecule has 2 saturated carbocycles. The predicted octanol–water partition coefficient (Wildman–Crippen LogP) is 4.10. The molecule has 2 fully saturated rings. The summed E-state index contributed by atoms with van der Waals surface area (Å²) in [6.07, 6.45) is 1.36. The Balaban J connectivity index is 1.35. The number of nitrogens with two attached hydrogens (primary N) is 1. The third-order valence-corrected chi connectivity index (χ3v) is 7.85. The summed E-state index contributed by atoms with van der Waals surface area (Å²) in [5.41, 5.74) is 7.71. The van der Waals surface area contributed by atoms with Crippen LogP contribution in [0.4, 0.5) is 22.0 Å². The Morgan fingerprint density at radius 2 is 1.82 bits per heavy atom. The quantitative estimate of drug-likeness (QED) is 0.420. The smallest absolute Gasteiger partial charge is 0.351 e. The number of alkyl halides is 5. The second kappa shape index (κ2) is 9.28. The number of hydrogen-bond donors (Lipinski definition) is 2. The van der Waals surface area contributed by atoms with Crippen LogP contribution in [0.3, 0.4) is 0 Å². The molecule has 3 aromatic heterocycles. The van der Waals surface area contributed by atoms with Crippen LogP contribution >= 0.6 is 0 Å².